The maximum absolute atomic E-state index is 3.46. The lowest BCUT2D eigenvalue weighted by Crippen LogP contribution is -2.34. The van der Waals surface area contributed by atoms with Crippen LogP contribution in [0.4, 0.5) is 5.69 Å². The standard InChI is InChI=1S/C12H16BrN/c1-10-3-2-8-14(9-10)12-6-4-11(13)5-7-12/h4-7,10H,2-3,8-9H2,1H3. The third-order valence-corrected chi connectivity index (χ3v) is 3.38. The SMILES string of the molecule is CC1CCCN(c2ccc(Br)cc2)C1. The highest BCUT2D eigenvalue weighted by Gasteiger charge is 2.15. The molecule has 0 amide bonds. The van der Waals surface area contributed by atoms with Crippen LogP contribution in [-0.2, 0) is 0 Å². The normalized spacial score (nSPS) is 22.4. The van der Waals surface area contributed by atoms with Crippen molar-refractivity contribution in [2.75, 3.05) is 18.0 Å². The summed E-state index contributed by atoms with van der Waals surface area (Å²) >= 11 is 3.46. The molecule has 2 rings (SSSR count). The minimum absolute atomic E-state index is 0.840. The molecule has 0 aliphatic carbocycles. The van der Waals surface area contributed by atoms with Gasteiger partial charge in [-0.1, -0.05) is 22.9 Å². The second-order valence-electron chi connectivity index (χ2n) is 4.17. The van der Waals surface area contributed by atoms with Crippen LogP contribution in [0.2, 0.25) is 0 Å². The Morgan fingerprint density at radius 2 is 2.00 bits per heavy atom. The van der Waals surface area contributed by atoms with Gasteiger partial charge < -0.3 is 4.90 Å². The van der Waals surface area contributed by atoms with Gasteiger partial charge in [-0.3, -0.25) is 0 Å². The Kier molecular flexibility index (Phi) is 3.12. The lowest BCUT2D eigenvalue weighted by Gasteiger charge is -2.32. The maximum atomic E-state index is 3.46. The molecule has 1 fully saturated rings. The predicted molar refractivity (Wildman–Crippen MR) is 64.8 cm³/mol. The van der Waals surface area contributed by atoms with Crippen LogP contribution in [0.25, 0.3) is 0 Å². The van der Waals surface area contributed by atoms with Gasteiger partial charge in [-0.2, -0.15) is 0 Å². The first kappa shape index (κ1) is 10.0. The molecule has 1 heterocycles. The van der Waals surface area contributed by atoms with Crippen molar-refractivity contribution in [3.8, 4) is 0 Å². The smallest absolute Gasteiger partial charge is 0.0367 e. The third kappa shape index (κ3) is 2.30. The van der Waals surface area contributed by atoms with Gasteiger partial charge in [-0.05, 0) is 43.0 Å². The minimum atomic E-state index is 0.840. The summed E-state index contributed by atoms with van der Waals surface area (Å²) in [5.74, 6) is 0.840. The Labute approximate surface area is 94.2 Å². The van der Waals surface area contributed by atoms with E-state index in [9.17, 15) is 0 Å². The molecule has 0 spiro atoms. The maximum Gasteiger partial charge on any atom is 0.0367 e. The Balaban J connectivity index is 2.10. The largest absolute Gasteiger partial charge is 0.371 e. The molecule has 0 radical (unpaired) electrons. The number of rotatable bonds is 1. The highest BCUT2D eigenvalue weighted by Crippen LogP contribution is 2.24. The zero-order valence-corrected chi connectivity index (χ0v) is 10.1. The van der Waals surface area contributed by atoms with Gasteiger partial charge in [0.15, 0.2) is 0 Å². The van der Waals surface area contributed by atoms with E-state index in [0.29, 0.717) is 0 Å². The molecule has 1 atom stereocenters. The van der Waals surface area contributed by atoms with E-state index in [2.05, 4.69) is 52.0 Å². The van der Waals surface area contributed by atoms with E-state index in [-0.39, 0.29) is 0 Å². The molecule has 1 unspecified atom stereocenters. The summed E-state index contributed by atoms with van der Waals surface area (Å²) in [4.78, 5) is 2.49. The summed E-state index contributed by atoms with van der Waals surface area (Å²) in [5.41, 5.74) is 1.36. The number of anilines is 1. The van der Waals surface area contributed by atoms with Gasteiger partial charge in [0.2, 0.25) is 0 Å². The molecule has 0 bridgehead atoms. The number of benzene rings is 1. The average Bonchev–Trinajstić information content (AvgIpc) is 2.19. The second kappa shape index (κ2) is 4.35. The van der Waals surface area contributed by atoms with E-state index in [0.717, 1.165) is 10.4 Å². The Morgan fingerprint density at radius 3 is 2.64 bits per heavy atom. The molecular formula is C12H16BrN. The molecule has 1 aliphatic heterocycles. The van der Waals surface area contributed by atoms with Crippen molar-refractivity contribution in [3.05, 3.63) is 28.7 Å². The number of nitrogens with zero attached hydrogens (tertiary/aromatic N) is 1. The second-order valence-corrected chi connectivity index (χ2v) is 5.09. The molecule has 1 aliphatic rings. The van der Waals surface area contributed by atoms with Crippen LogP contribution in [-0.4, -0.2) is 13.1 Å². The van der Waals surface area contributed by atoms with Crippen molar-refractivity contribution in [3.63, 3.8) is 0 Å². The Morgan fingerprint density at radius 1 is 1.29 bits per heavy atom. The summed E-state index contributed by atoms with van der Waals surface area (Å²) in [5, 5.41) is 0. The summed E-state index contributed by atoms with van der Waals surface area (Å²) in [6.07, 6.45) is 2.71. The summed E-state index contributed by atoms with van der Waals surface area (Å²) in [7, 11) is 0. The molecular weight excluding hydrogens is 238 g/mol. The molecule has 76 valence electrons. The lowest BCUT2D eigenvalue weighted by molar-refractivity contribution is 0.447. The highest BCUT2D eigenvalue weighted by atomic mass is 79.9. The molecule has 14 heavy (non-hydrogen) atoms. The van der Waals surface area contributed by atoms with Gasteiger partial charge in [0.1, 0.15) is 0 Å². The van der Waals surface area contributed by atoms with Crippen molar-refractivity contribution < 1.29 is 0 Å². The zero-order valence-electron chi connectivity index (χ0n) is 8.54. The number of piperidine rings is 1. The van der Waals surface area contributed by atoms with Gasteiger partial charge in [0, 0.05) is 23.2 Å². The quantitative estimate of drug-likeness (QED) is 0.738. The van der Waals surface area contributed by atoms with Gasteiger partial charge >= 0.3 is 0 Å². The van der Waals surface area contributed by atoms with E-state index in [1.807, 2.05) is 0 Å². The van der Waals surface area contributed by atoms with E-state index in [4.69, 9.17) is 0 Å². The van der Waals surface area contributed by atoms with E-state index >= 15 is 0 Å². The lowest BCUT2D eigenvalue weighted by atomic mass is 10.00. The fourth-order valence-corrected chi connectivity index (χ4v) is 2.34. The molecule has 1 saturated heterocycles. The van der Waals surface area contributed by atoms with Crippen molar-refractivity contribution in [1.29, 1.82) is 0 Å². The van der Waals surface area contributed by atoms with Crippen LogP contribution in [0.15, 0.2) is 28.7 Å². The first-order chi connectivity index (χ1) is 6.75. The predicted octanol–water partition coefficient (Wildman–Crippen LogP) is 3.69. The van der Waals surface area contributed by atoms with Crippen LogP contribution in [0, 0.1) is 5.92 Å². The van der Waals surface area contributed by atoms with Gasteiger partial charge in [0.05, 0.1) is 0 Å². The van der Waals surface area contributed by atoms with Crippen LogP contribution < -0.4 is 4.90 Å². The topological polar surface area (TPSA) is 3.24 Å². The molecule has 0 N–H and O–H groups in total. The van der Waals surface area contributed by atoms with Crippen molar-refractivity contribution in [2.45, 2.75) is 19.8 Å². The van der Waals surface area contributed by atoms with Crippen molar-refractivity contribution in [1.82, 2.24) is 0 Å². The fourth-order valence-electron chi connectivity index (χ4n) is 2.08. The minimum Gasteiger partial charge on any atom is -0.371 e. The molecule has 2 heteroatoms. The van der Waals surface area contributed by atoms with Crippen LogP contribution in [0.5, 0.6) is 0 Å². The molecule has 1 aromatic rings. The summed E-state index contributed by atoms with van der Waals surface area (Å²) < 4.78 is 1.16. The summed E-state index contributed by atoms with van der Waals surface area (Å²) in [6, 6.07) is 8.63. The third-order valence-electron chi connectivity index (χ3n) is 2.85. The number of hydrogen-bond donors (Lipinski definition) is 0. The Hall–Kier alpha value is -0.500. The zero-order chi connectivity index (χ0) is 9.97. The van der Waals surface area contributed by atoms with Gasteiger partial charge in [-0.15, -0.1) is 0 Å². The molecule has 0 aromatic heterocycles. The molecule has 0 saturated carbocycles. The van der Waals surface area contributed by atoms with Crippen LogP contribution in [0.3, 0.4) is 0 Å². The first-order valence-electron chi connectivity index (χ1n) is 5.26. The van der Waals surface area contributed by atoms with Crippen LogP contribution >= 0.6 is 15.9 Å². The summed E-state index contributed by atoms with van der Waals surface area (Å²) in [6.45, 7) is 4.76. The fraction of sp³-hybridized carbons (Fsp3) is 0.500. The van der Waals surface area contributed by atoms with Crippen LogP contribution in [0.1, 0.15) is 19.8 Å². The van der Waals surface area contributed by atoms with E-state index < -0.39 is 0 Å². The molecule has 1 aromatic carbocycles. The molecule has 1 nitrogen and oxygen atoms in total. The van der Waals surface area contributed by atoms with E-state index in [1.165, 1.54) is 31.6 Å². The Bertz CT molecular complexity index is 294. The average molecular weight is 254 g/mol. The first-order valence-corrected chi connectivity index (χ1v) is 6.05. The van der Waals surface area contributed by atoms with Crippen molar-refractivity contribution >= 4 is 21.6 Å². The van der Waals surface area contributed by atoms with E-state index in [1.54, 1.807) is 0 Å². The van der Waals surface area contributed by atoms with Crippen molar-refractivity contribution in [2.24, 2.45) is 5.92 Å². The number of halogens is 1. The monoisotopic (exact) mass is 253 g/mol. The van der Waals surface area contributed by atoms with Gasteiger partial charge in [0.25, 0.3) is 0 Å². The van der Waals surface area contributed by atoms with Gasteiger partial charge in [-0.25, -0.2) is 0 Å². The number of hydrogen-bond acceptors (Lipinski definition) is 1. The highest BCUT2D eigenvalue weighted by molar-refractivity contribution is 9.10.